The Balaban J connectivity index is 2.41. The third-order valence-corrected chi connectivity index (χ3v) is 4.29. The zero-order chi connectivity index (χ0) is 13.1. The Hall–Kier alpha value is -0.590. The van der Waals surface area contributed by atoms with Gasteiger partial charge in [0.1, 0.15) is 9.32 Å². The molecule has 0 saturated carbocycles. The second-order valence-corrected chi connectivity index (χ2v) is 6.33. The Labute approximate surface area is 121 Å². The van der Waals surface area contributed by atoms with Gasteiger partial charge in [0.05, 0.1) is 12.2 Å². The third-order valence-electron chi connectivity index (χ3n) is 2.87. The average Bonchev–Trinajstić information content (AvgIpc) is 2.66. The van der Waals surface area contributed by atoms with E-state index in [2.05, 4.69) is 17.9 Å². The van der Waals surface area contributed by atoms with Crippen LogP contribution in [0.4, 0.5) is 5.00 Å². The van der Waals surface area contributed by atoms with Gasteiger partial charge in [-0.05, 0) is 38.2 Å². The third kappa shape index (κ3) is 2.87. The van der Waals surface area contributed by atoms with Gasteiger partial charge in [0.15, 0.2) is 0 Å². The van der Waals surface area contributed by atoms with Gasteiger partial charge < -0.3 is 10.1 Å². The summed E-state index contributed by atoms with van der Waals surface area (Å²) in [5.41, 5.74) is 1.80. The predicted octanol–water partition coefficient (Wildman–Crippen LogP) is 3.43. The number of carbonyl (C=O) groups is 1. The SMILES string of the molecule is CCOC(=O)c1c(NC(=S)S)sc2c1CCCC2. The number of carbonyl (C=O) groups excluding carboxylic acids is 1. The molecule has 0 aliphatic heterocycles. The highest BCUT2D eigenvalue weighted by molar-refractivity contribution is 8.11. The number of thiophene rings is 1. The quantitative estimate of drug-likeness (QED) is 0.510. The van der Waals surface area contributed by atoms with Crippen molar-refractivity contribution in [1.29, 1.82) is 0 Å². The molecule has 1 aromatic rings. The molecule has 0 fully saturated rings. The lowest BCUT2D eigenvalue weighted by Gasteiger charge is -2.12. The van der Waals surface area contributed by atoms with Crippen LogP contribution in [0.2, 0.25) is 0 Å². The molecule has 0 spiro atoms. The smallest absolute Gasteiger partial charge is 0.341 e. The lowest BCUT2D eigenvalue weighted by molar-refractivity contribution is 0.0526. The van der Waals surface area contributed by atoms with E-state index in [1.807, 2.05) is 6.92 Å². The number of rotatable bonds is 3. The number of hydrogen-bond donors (Lipinski definition) is 2. The van der Waals surface area contributed by atoms with E-state index in [9.17, 15) is 4.79 Å². The highest BCUT2D eigenvalue weighted by Crippen LogP contribution is 2.38. The first-order valence-corrected chi connectivity index (χ1v) is 7.62. The maximum atomic E-state index is 12.1. The Morgan fingerprint density at radius 2 is 2.22 bits per heavy atom. The standard InChI is InChI=1S/C12H15NO2S3/c1-2-15-11(14)9-7-5-3-4-6-8(7)18-10(9)13-12(16)17/h2-6H2,1H3,(H2,13,16,17). The zero-order valence-electron chi connectivity index (χ0n) is 10.1. The normalized spacial score (nSPS) is 13.9. The molecular weight excluding hydrogens is 286 g/mol. The molecule has 0 radical (unpaired) electrons. The van der Waals surface area contributed by atoms with E-state index in [4.69, 9.17) is 17.0 Å². The number of nitrogens with one attached hydrogen (secondary N) is 1. The van der Waals surface area contributed by atoms with E-state index in [0.717, 1.165) is 29.8 Å². The van der Waals surface area contributed by atoms with Crippen LogP contribution < -0.4 is 5.32 Å². The second kappa shape index (κ2) is 6.04. The van der Waals surface area contributed by atoms with Crippen LogP contribution in [-0.4, -0.2) is 16.9 Å². The number of fused-ring (bicyclic) bond motifs is 1. The van der Waals surface area contributed by atoms with E-state index < -0.39 is 0 Å². The van der Waals surface area contributed by atoms with Crippen LogP contribution in [0, 0.1) is 0 Å². The molecule has 1 aliphatic carbocycles. The molecule has 3 nitrogen and oxygen atoms in total. The molecule has 1 heterocycles. The van der Waals surface area contributed by atoms with Gasteiger partial charge in [-0.3, -0.25) is 0 Å². The van der Waals surface area contributed by atoms with Crippen LogP contribution >= 0.6 is 36.2 Å². The molecule has 0 bridgehead atoms. The van der Waals surface area contributed by atoms with Crippen molar-refractivity contribution >= 4 is 51.5 Å². The molecule has 0 amide bonds. The summed E-state index contributed by atoms with van der Waals surface area (Å²) < 4.78 is 5.51. The summed E-state index contributed by atoms with van der Waals surface area (Å²) in [7, 11) is 0. The van der Waals surface area contributed by atoms with Crippen molar-refractivity contribution < 1.29 is 9.53 Å². The Kier molecular flexibility index (Phi) is 4.64. The van der Waals surface area contributed by atoms with Crippen LogP contribution in [0.15, 0.2) is 0 Å². The Bertz CT molecular complexity index is 482. The number of ether oxygens (including phenoxy) is 1. The number of aryl methyl sites for hydroxylation is 1. The van der Waals surface area contributed by atoms with Crippen LogP contribution in [0.5, 0.6) is 0 Å². The number of anilines is 1. The molecule has 2 rings (SSSR count). The molecule has 1 aromatic heterocycles. The van der Waals surface area contributed by atoms with Crippen LogP contribution in [0.25, 0.3) is 0 Å². The van der Waals surface area contributed by atoms with E-state index >= 15 is 0 Å². The molecule has 0 saturated heterocycles. The van der Waals surface area contributed by atoms with E-state index in [1.165, 1.54) is 11.3 Å². The highest BCUT2D eigenvalue weighted by Gasteiger charge is 2.26. The largest absolute Gasteiger partial charge is 0.462 e. The first-order chi connectivity index (χ1) is 8.63. The number of esters is 1. The minimum atomic E-state index is -0.260. The summed E-state index contributed by atoms with van der Waals surface area (Å²) in [5.74, 6) is -0.260. The van der Waals surface area contributed by atoms with E-state index in [0.29, 0.717) is 16.5 Å². The van der Waals surface area contributed by atoms with E-state index in [-0.39, 0.29) is 5.97 Å². The molecule has 0 atom stereocenters. The van der Waals surface area contributed by atoms with E-state index in [1.54, 1.807) is 11.3 Å². The molecule has 0 aromatic carbocycles. The minimum Gasteiger partial charge on any atom is -0.462 e. The summed E-state index contributed by atoms with van der Waals surface area (Å²) in [6.07, 6.45) is 4.29. The molecule has 1 N–H and O–H groups in total. The second-order valence-electron chi connectivity index (χ2n) is 4.07. The number of thiocarbonyl (C=S) groups is 1. The number of thiol groups is 1. The predicted molar refractivity (Wildman–Crippen MR) is 82.1 cm³/mol. The molecule has 6 heteroatoms. The summed E-state index contributed by atoms with van der Waals surface area (Å²) >= 11 is 10.6. The van der Waals surface area contributed by atoms with Crippen molar-refractivity contribution in [2.75, 3.05) is 11.9 Å². The lowest BCUT2D eigenvalue weighted by Crippen LogP contribution is -2.12. The van der Waals surface area contributed by atoms with Crippen LogP contribution in [0.3, 0.4) is 0 Å². The average molecular weight is 301 g/mol. The van der Waals surface area contributed by atoms with Gasteiger partial charge in [-0.2, -0.15) is 0 Å². The fourth-order valence-electron chi connectivity index (χ4n) is 2.17. The fraction of sp³-hybridized carbons (Fsp3) is 0.500. The van der Waals surface area contributed by atoms with Crippen LogP contribution in [-0.2, 0) is 17.6 Å². The minimum absolute atomic E-state index is 0.260. The summed E-state index contributed by atoms with van der Waals surface area (Å²) in [6.45, 7) is 2.20. The van der Waals surface area contributed by atoms with Gasteiger partial charge in [-0.25, -0.2) is 4.79 Å². The Morgan fingerprint density at radius 1 is 1.50 bits per heavy atom. The van der Waals surface area contributed by atoms with Gasteiger partial charge in [0.2, 0.25) is 0 Å². The molecule has 18 heavy (non-hydrogen) atoms. The van der Waals surface area contributed by atoms with Gasteiger partial charge >= 0.3 is 5.97 Å². The molecule has 1 aliphatic rings. The molecule has 0 unspecified atom stereocenters. The summed E-state index contributed by atoms with van der Waals surface area (Å²) in [6, 6.07) is 0. The zero-order valence-corrected chi connectivity index (χ0v) is 12.6. The lowest BCUT2D eigenvalue weighted by atomic mass is 9.95. The first-order valence-electron chi connectivity index (χ1n) is 5.95. The topological polar surface area (TPSA) is 38.3 Å². The number of hydrogen-bond acceptors (Lipinski definition) is 4. The van der Waals surface area contributed by atoms with Crippen molar-refractivity contribution in [3.05, 3.63) is 16.0 Å². The van der Waals surface area contributed by atoms with Crippen molar-refractivity contribution in [2.24, 2.45) is 0 Å². The maximum absolute atomic E-state index is 12.1. The fourth-order valence-corrected chi connectivity index (χ4v) is 3.81. The highest BCUT2D eigenvalue weighted by atomic mass is 32.1. The van der Waals surface area contributed by atoms with Gasteiger partial charge in [-0.15, -0.1) is 24.0 Å². The maximum Gasteiger partial charge on any atom is 0.341 e. The van der Waals surface area contributed by atoms with Crippen molar-refractivity contribution in [1.82, 2.24) is 0 Å². The van der Waals surface area contributed by atoms with Crippen molar-refractivity contribution in [3.8, 4) is 0 Å². The van der Waals surface area contributed by atoms with Crippen molar-refractivity contribution in [2.45, 2.75) is 32.6 Å². The molecular formula is C12H15NO2S3. The monoisotopic (exact) mass is 301 g/mol. The van der Waals surface area contributed by atoms with Crippen LogP contribution in [0.1, 0.15) is 40.6 Å². The Morgan fingerprint density at radius 3 is 2.89 bits per heavy atom. The summed E-state index contributed by atoms with van der Waals surface area (Å²) in [5, 5.41) is 3.76. The molecule has 98 valence electrons. The summed E-state index contributed by atoms with van der Waals surface area (Å²) in [4.78, 5) is 13.3. The van der Waals surface area contributed by atoms with Gasteiger partial charge in [0.25, 0.3) is 0 Å². The first kappa shape index (κ1) is 13.8. The van der Waals surface area contributed by atoms with Gasteiger partial charge in [0, 0.05) is 4.88 Å². The van der Waals surface area contributed by atoms with Gasteiger partial charge in [-0.1, -0.05) is 12.2 Å². The van der Waals surface area contributed by atoms with Crippen molar-refractivity contribution in [3.63, 3.8) is 0 Å².